The van der Waals surface area contributed by atoms with Gasteiger partial charge in [-0.15, -0.1) is 0 Å². The van der Waals surface area contributed by atoms with Gasteiger partial charge in [-0.05, 0) is 73.7 Å². The third kappa shape index (κ3) is 6.72. The Morgan fingerprint density at radius 2 is 1.67 bits per heavy atom. The van der Waals surface area contributed by atoms with E-state index in [0.717, 1.165) is 56.2 Å². The number of hydrogen-bond donors (Lipinski definition) is 1. The molecule has 39 heavy (non-hydrogen) atoms. The fourth-order valence-corrected chi connectivity index (χ4v) is 5.89. The van der Waals surface area contributed by atoms with Crippen molar-refractivity contribution in [2.45, 2.75) is 30.8 Å². The lowest BCUT2D eigenvalue weighted by molar-refractivity contribution is -0.110. The third-order valence-electron chi connectivity index (χ3n) is 7.72. The Morgan fingerprint density at radius 1 is 0.949 bits per heavy atom. The van der Waals surface area contributed by atoms with Gasteiger partial charge in [0.15, 0.2) is 0 Å². The van der Waals surface area contributed by atoms with E-state index in [1.54, 1.807) is 17.0 Å². The molecular weight excluding hydrogens is 543 g/mol. The standard InChI is InChI=1S/C30H31Cl2F2N3O2/c31-27-7-6-23(16-28(27)32)30(10-13-36-11-8-22(9-12-36)21-4-2-1-3-5-21)20-37(14-15-39-30)29(38)35-26-18-24(33)17-25(34)19-26/h1-7,16-19,22H,8-15,20H2,(H,35,38). The number of amides is 2. The number of piperidine rings is 1. The summed E-state index contributed by atoms with van der Waals surface area (Å²) in [6, 6.07) is 18.6. The Balaban J connectivity index is 1.30. The molecule has 2 aliphatic heterocycles. The van der Waals surface area contributed by atoms with Crippen LogP contribution >= 0.6 is 23.2 Å². The van der Waals surface area contributed by atoms with Crippen LogP contribution < -0.4 is 5.32 Å². The topological polar surface area (TPSA) is 44.8 Å². The lowest BCUT2D eigenvalue weighted by Crippen LogP contribution is -2.54. The number of hydrogen-bond acceptors (Lipinski definition) is 3. The van der Waals surface area contributed by atoms with Crippen LogP contribution in [0.2, 0.25) is 10.0 Å². The summed E-state index contributed by atoms with van der Waals surface area (Å²) in [7, 11) is 0. The SMILES string of the molecule is O=C(Nc1cc(F)cc(F)c1)N1CCOC(CCN2CCC(c3ccccc3)CC2)(c2ccc(Cl)c(Cl)c2)C1. The van der Waals surface area contributed by atoms with E-state index in [1.165, 1.54) is 5.56 Å². The van der Waals surface area contributed by atoms with Gasteiger partial charge in [0.1, 0.15) is 17.2 Å². The van der Waals surface area contributed by atoms with Crippen molar-refractivity contribution in [1.29, 1.82) is 0 Å². The van der Waals surface area contributed by atoms with E-state index >= 15 is 0 Å². The predicted octanol–water partition coefficient (Wildman–Crippen LogP) is 7.30. The Bertz CT molecular complexity index is 1280. The van der Waals surface area contributed by atoms with Gasteiger partial charge in [-0.25, -0.2) is 13.6 Å². The van der Waals surface area contributed by atoms with E-state index in [9.17, 15) is 13.6 Å². The summed E-state index contributed by atoms with van der Waals surface area (Å²) in [6.07, 6.45) is 2.81. The number of nitrogens with one attached hydrogen (secondary N) is 1. The lowest BCUT2D eigenvalue weighted by atomic mass is 9.86. The molecule has 0 aliphatic carbocycles. The molecule has 2 aliphatic rings. The number of halogens is 4. The van der Waals surface area contributed by atoms with Crippen molar-refractivity contribution < 1.29 is 18.3 Å². The van der Waals surface area contributed by atoms with Gasteiger partial charge in [0.25, 0.3) is 0 Å². The summed E-state index contributed by atoms with van der Waals surface area (Å²) in [5.74, 6) is -0.953. The van der Waals surface area contributed by atoms with Crippen LogP contribution in [0.25, 0.3) is 0 Å². The molecular formula is C30H31Cl2F2N3O2. The number of carbonyl (C=O) groups excluding carboxylic acids is 1. The number of morpholine rings is 1. The van der Waals surface area contributed by atoms with Crippen LogP contribution in [0.1, 0.15) is 36.3 Å². The molecule has 0 spiro atoms. The highest BCUT2D eigenvalue weighted by Crippen LogP contribution is 2.38. The highest BCUT2D eigenvalue weighted by molar-refractivity contribution is 6.42. The summed E-state index contributed by atoms with van der Waals surface area (Å²) in [4.78, 5) is 17.2. The first-order valence-electron chi connectivity index (χ1n) is 13.2. The fraction of sp³-hybridized carbons (Fsp3) is 0.367. The first kappa shape index (κ1) is 27.8. The van der Waals surface area contributed by atoms with Crippen LogP contribution in [0.15, 0.2) is 66.7 Å². The number of benzene rings is 3. The monoisotopic (exact) mass is 573 g/mol. The van der Waals surface area contributed by atoms with Crippen molar-refractivity contribution in [1.82, 2.24) is 9.80 Å². The molecule has 2 heterocycles. The van der Waals surface area contributed by atoms with Crippen LogP contribution in [0.3, 0.4) is 0 Å². The second-order valence-electron chi connectivity index (χ2n) is 10.3. The molecule has 0 saturated carbocycles. The minimum atomic E-state index is -0.812. The van der Waals surface area contributed by atoms with Crippen LogP contribution in [0, 0.1) is 11.6 Å². The Morgan fingerprint density at radius 3 is 2.36 bits per heavy atom. The molecule has 2 amide bonds. The van der Waals surface area contributed by atoms with Gasteiger partial charge in [-0.3, -0.25) is 0 Å². The number of anilines is 1. The van der Waals surface area contributed by atoms with Crippen molar-refractivity contribution >= 4 is 34.9 Å². The quantitative estimate of drug-likeness (QED) is 0.336. The largest absolute Gasteiger partial charge is 0.367 e. The van der Waals surface area contributed by atoms with Crippen molar-refractivity contribution in [3.8, 4) is 0 Å². The molecule has 0 radical (unpaired) electrons. The molecule has 3 aromatic carbocycles. The first-order valence-corrected chi connectivity index (χ1v) is 14.0. The van der Waals surface area contributed by atoms with Gasteiger partial charge >= 0.3 is 6.03 Å². The minimum absolute atomic E-state index is 0.0606. The molecule has 0 bridgehead atoms. The zero-order valence-electron chi connectivity index (χ0n) is 21.5. The number of likely N-dealkylation sites (tertiary alicyclic amines) is 1. The second kappa shape index (κ2) is 12.2. The van der Waals surface area contributed by atoms with Gasteiger partial charge in [0, 0.05) is 24.8 Å². The van der Waals surface area contributed by atoms with E-state index in [4.69, 9.17) is 27.9 Å². The molecule has 2 saturated heterocycles. The van der Waals surface area contributed by atoms with Gasteiger partial charge < -0.3 is 19.9 Å². The molecule has 1 N–H and O–H groups in total. The van der Waals surface area contributed by atoms with Crippen molar-refractivity contribution in [2.75, 3.05) is 44.6 Å². The number of rotatable bonds is 6. The third-order valence-corrected chi connectivity index (χ3v) is 8.46. The Labute approximate surface area is 237 Å². The number of carbonyl (C=O) groups is 1. The molecule has 5 rings (SSSR count). The average molecular weight is 574 g/mol. The van der Waals surface area contributed by atoms with Gasteiger partial charge in [-0.1, -0.05) is 59.6 Å². The van der Waals surface area contributed by atoms with Crippen molar-refractivity contribution in [2.24, 2.45) is 0 Å². The lowest BCUT2D eigenvalue weighted by Gasteiger charge is -2.44. The summed E-state index contributed by atoms with van der Waals surface area (Å²) in [6.45, 7) is 3.65. The maximum atomic E-state index is 13.7. The predicted molar refractivity (Wildman–Crippen MR) is 151 cm³/mol. The van der Waals surface area contributed by atoms with E-state index in [0.29, 0.717) is 35.5 Å². The molecule has 206 valence electrons. The van der Waals surface area contributed by atoms with E-state index < -0.39 is 23.3 Å². The zero-order valence-corrected chi connectivity index (χ0v) is 23.0. The van der Waals surface area contributed by atoms with Crippen molar-refractivity contribution in [3.05, 3.63) is 99.5 Å². The summed E-state index contributed by atoms with van der Waals surface area (Å²) >= 11 is 12.6. The van der Waals surface area contributed by atoms with Crippen molar-refractivity contribution in [3.63, 3.8) is 0 Å². The number of urea groups is 1. The number of ether oxygens (including phenoxy) is 1. The van der Waals surface area contributed by atoms with Crippen LogP contribution in [-0.4, -0.2) is 55.2 Å². The van der Waals surface area contributed by atoms with Crippen LogP contribution in [0.4, 0.5) is 19.3 Å². The fourth-order valence-electron chi connectivity index (χ4n) is 5.59. The van der Waals surface area contributed by atoms with Crippen LogP contribution in [-0.2, 0) is 10.3 Å². The molecule has 9 heteroatoms. The Hall–Kier alpha value is -2.71. The molecule has 5 nitrogen and oxygen atoms in total. The first-order chi connectivity index (χ1) is 18.8. The Kier molecular flexibility index (Phi) is 8.72. The average Bonchev–Trinajstić information content (AvgIpc) is 2.94. The van der Waals surface area contributed by atoms with Gasteiger partial charge in [-0.2, -0.15) is 0 Å². The summed E-state index contributed by atoms with van der Waals surface area (Å²) in [5.41, 5.74) is 1.48. The van der Waals surface area contributed by atoms with Gasteiger partial charge in [0.2, 0.25) is 0 Å². The summed E-state index contributed by atoms with van der Waals surface area (Å²) in [5, 5.41) is 3.48. The highest BCUT2D eigenvalue weighted by atomic mass is 35.5. The normalized spacial score (nSPS) is 20.7. The minimum Gasteiger partial charge on any atom is -0.367 e. The van der Waals surface area contributed by atoms with E-state index in [-0.39, 0.29) is 12.2 Å². The van der Waals surface area contributed by atoms with E-state index in [2.05, 4.69) is 34.5 Å². The summed E-state index contributed by atoms with van der Waals surface area (Å²) < 4.78 is 33.8. The van der Waals surface area contributed by atoms with Gasteiger partial charge in [0.05, 0.1) is 23.2 Å². The molecule has 1 atom stereocenters. The van der Waals surface area contributed by atoms with E-state index in [1.807, 2.05) is 12.1 Å². The van der Waals surface area contributed by atoms with Crippen LogP contribution in [0.5, 0.6) is 0 Å². The second-order valence-corrected chi connectivity index (χ2v) is 11.1. The molecule has 0 aromatic heterocycles. The number of nitrogens with zero attached hydrogens (tertiary/aromatic N) is 2. The zero-order chi connectivity index (χ0) is 27.4. The molecule has 1 unspecified atom stereocenters. The molecule has 2 fully saturated rings. The molecule has 3 aromatic rings. The maximum Gasteiger partial charge on any atom is 0.322 e. The highest BCUT2D eigenvalue weighted by Gasteiger charge is 2.41. The maximum absolute atomic E-state index is 13.7. The smallest absolute Gasteiger partial charge is 0.322 e.